The third-order valence-corrected chi connectivity index (χ3v) is 7.27. The van der Waals surface area contributed by atoms with Crippen molar-refractivity contribution in [1.29, 1.82) is 0 Å². The Bertz CT molecular complexity index is 706. The van der Waals surface area contributed by atoms with Gasteiger partial charge >= 0.3 is 0 Å². The van der Waals surface area contributed by atoms with Gasteiger partial charge in [0.15, 0.2) is 0 Å². The van der Waals surface area contributed by atoms with E-state index in [0.717, 1.165) is 23.2 Å². The largest absolute Gasteiger partial charge is 0.321 e. The second-order valence-electron chi connectivity index (χ2n) is 5.97. The molecular formula is C20H23NOS2. The summed E-state index contributed by atoms with van der Waals surface area (Å²) in [7, 11) is 0. The van der Waals surface area contributed by atoms with Gasteiger partial charge in [-0.05, 0) is 60.1 Å². The molecule has 2 nitrogen and oxygen atoms in total. The molecule has 1 saturated heterocycles. The molecule has 4 heteroatoms. The van der Waals surface area contributed by atoms with Crippen molar-refractivity contribution < 1.29 is 4.79 Å². The van der Waals surface area contributed by atoms with Crippen LogP contribution in [-0.4, -0.2) is 17.4 Å². The Morgan fingerprint density at radius 3 is 2.50 bits per heavy atom. The lowest BCUT2D eigenvalue weighted by molar-refractivity contribution is 0.102. The van der Waals surface area contributed by atoms with Crippen molar-refractivity contribution in [1.82, 2.24) is 0 Å². The SMILES string of the molecule is CCc1cccc(C)c1NC(=O)c1ccc(C2SCCCS2)cc1. The molecular weight excluding hydrogens is 334 g/mol. The number of carbonyl (C=O) groups is 1. The fourth-order valence-corrected chi connectivity index (χ4v) is 5.75. The topological polar surface area (TPSA) is 29.1 Å². The van der Waals surface area contributed by atoms with Crippen molar-refractivity contribution in [2.75, 3.05) is 16.8 Å². The molecule has 0 atom stereocenters. The molecule has 1 aliphatic heterocycles. The van der Waals surface area contributed by atoms with E-state index in [4.69, 9.17) is 0 Å². The van der Waals surface area contributed by atoms with Crippen molar-refractivity contribution in [3.63, 3.8) is 0 Å². The molecule has 1 fully saturated rings. The Balaban J connectivity index is 1.74. The minimum absolute atomic E-state index is 0.0329. The Labute approximate surface area is 152 Å². The molecule has 0 saturated carbocycles. The van der Waals surface area contributed by atoms with E-state index >= 15 is 0 Å². The van der Waals surface area contributed by atoms with Gasteiger partial charge in [0, 0.05) is 11.3 Å². The van der Waals surface area contributed by atoms with Gasteiger partial charge in [-0.2, -0.15) is 0 Å². The monoisotopic (exact) mass is 357 g/mol. The molecule has 0 spiro atoms. The zero-order chi connectivity index (χ0) is 16.9. The van der Waals surface area contributed by atoms with Crippen LogP contribution >= 0.6 is 23.5 Å². The number of rotatable bonds is 4. The second-order valence-corrected chi connectivity index (χ2v) is 8.69. The lowest BCUT2D eigenvalue weighted by Gasteiger charge is -2.21. The van der Waals surface area contributed by atoms with E-state index in [9.17, 15) is 4.79 Å². The van der Waals surface area contributed by atoms with Crippen LogP contribution in [0.5, 0.6) is 0 Å². The molecule has 2 aromatic rings. The molecule has 3 rings (SSSR count). The molecule has 0 bridgehead atoms. The van der Waals surface area contributed by atoms with Crippen molar-refractivity contribution >= 4 is 35.1 Å². The first kappa shape index (κ1) is 17.4. The fourth-order valence-electron chi connectivity index (χ4n) is 2.86. The van der Waals surface area contributed by atoms with Crippen LogP contribution in [0.3, 0.4) is 0 Å². The molecule has 126 valence electrons. The number of nitrogens with one attached hydrogen (secondary N) is 1. The van der Waals surface area contributed by atoms with E-state index in [-0.39, 0.29) is 5.91 Å². The van der Waals surface area contributed by atoms with E-state index in [0.29, 0.717) is 4.58 Å². The highest BCUT2D eigenvalue weighted by Crippen LogP contribution is 2.43. The zero-order valence-electron chi connectivity index (χ0n) is 14.2. The Hall–Kier alpha value is -1.39. The summed E-state index contributed by atoms with van der Waals surface area (Å²) in [5.41, 5.74) is 5.26. The summed E-state index contributed by atoms with van der Waals surface area (Å²) in [6.45, 7) is 4.15. The second kappa shape index (κ2) is 8.13. The quantitative estimate of drug-likeness (QED) is 0.763. The number of hydrogen-bond acceptors (Lipinski definition) is 3. The fraction of sp³-hybridized carbons (Fsp3) is 0.350. The third kappa shape index (κ3) is 3.98. The van der Waals surface area contributed by atoms with Crippen LogP contribution in [0, 0.1) is 6.92 Å². The number of anilines is 1. The number of hydrogen-bond donors (Lipinski definition) is 1. The van der Waals surface area contributed by atoms with Gasteiger partial charge in [-0.3, -0.25) is 4.79 Å². The van der Waals surface area contributed by atoms with Crippen molar-refractivity contribution in [3.8, 4) is 0 Å². The predicted octanol–water partition coefficient (Wildman–Crippen LogP) is 5.68. The summed E-state index contributed by atoms with van der Waals surface area (Å²) in [4.78, 5) is 12.6. The van der Waals surface area contributed by atoms with E-state index in [1.54, 1.807) is 0 Å². The van der Waals surface area contributed by atoms with E-state index in [2.05, 4.69) is 30.4 Å². The molecule has 0 unspecified atom stereocenters. The Kier molecular flexibility index (Phi) is 5.90. The maximum Gasteiger partial charge on any atom is 0.255 e. The van der Waals surface area contributed by atoms with Gasteiger partial charge in [0.25, 0.3) is 5.91 Å². The average molecular weight is 358 g/mol. The van der Waals surface area contributed by atoms with Gasteiger partial charge in [0.05, 0.1) is 4.58 Å². The highest BCUT2D eigenvalue weighted by Gasteiger charge is 2.17. The van der Waals surface area contributed by atoms with Gasteiger partial charge in [-0.15, -0.1) is 23.5 Å². The maximum atomic E-state index is 12.6. The predicted molar refractivity (Wildman–Crippen MR) is 107 cm³/mol. The van der Waals surface area contributed by atoms with E-state index in [1.807, 2.05) is 54.7 Å². The normalized spacial score (nSPS) is 15.2. The lowest BCUT2D eigenvalue weighted by atomic mass is 10.1. The molecule has 0 aromatic heterocycles. The zero-order valence-corrected chi connectivity index (χ0v) is 15.8. The first-order valence-electron chi connectivity index (χ1n) is 8.42. The van der Waals surface area contributed by atoms with Crippen molar-refractivity contribution in [2.45, 2.75) is 31.3 Å². The van der Waals surface area contributed by atoms with Crippen LogP contribution in [-0.2, 0) is 6.42 Å². The van der Waals surface area contributed by atoms with Crippen molar-refractivity contribution in [2.24, 2.45) is 0 Å². The minimum Gasteiger partial charge on any atom is -0.321 e. The molecule has 1 amide bonds. The number of aryl methyl sites for hydroxylation is 2. The average Bonchev–Trinajstić information content (AvgIpc) is 2.64. The molecule has 2 aromatic carbocycles. The van der Waals surface area contributed by atoms with E-state index < -0.39 is 0 Å². The minimum atomic E-state index is -0.0329. The first-order valence-corrected chi connectivity index (χ1v) is 10.5. The molecule has 0 aliphatic carbocycles. The molecule has 1 aliphatic rings. The summed E-state index contributed by atoms with van der Waals surface area (Å²) in [6.07, 6.45) is 2.20. The van der Waals surface area contributed by atoms with Gasteiger partial charge in [-0.25, -0.2) is 0 Å². The molecule has 24 heavy (non-hydrogen) atoms. The van der Waals surface area contributed by atoms with Gasteiger partial charge in [0.1, 0.15) is 0 Å². The summed E-state index contributed by atoms with van der Waals surface area (Å²) < 4.78 is 0.513. The lowest BCUT2D eigenvalue weighted by Crippen LogP contribution is -2.14. The van der Waals surface area contributed by atoms with Gasteiger partial charge < -0.3 is 5.32 Å². The third-order valence-electron chi connectivity index (χ3n) is 4.25. The van der Waals surface area contributed by atoms with Gasteiger partial charge in [0.2, 0.25) is 0 Å². The highest BCUT2D eigenvalue weighted by atomic mass is 32.2. The summed E-state index contributed by atoms with van der Waals surface area (Å²) in [6, 6.07) is 14.2. The number of amides is 1. The Morgan fingerprint density at radius 1 is 1.12 bits per heavy atom. The van der Waals surface area contributed by atoms with Crippen LogP contribution in [0.1, 0.15) is 45.0 Å². The Morgan fingerprint density at radius 2 is 1.83 bits per heavy atom. The van der Waals surface area contributed by atoms with Crippen LogP contribution in [0.4, 0.5) is 5.69 Å². The summed E-state index contributed by atoms with van der Waals surface area (Å²) in [5.74, 6) is 2.43. The standard InChI is InChI=1S/C20H23NOS2/c1-3-15-7-4-6-14(2)18(15)21-19(22)16-8-10-17(11-9-16)20-23-12-5-13-24-20/h4,6-11,20H,3,5,12-13H2,1-2H3,(H,21,22). The number of benzene rings is 2. The molecule has 1 N–H and O–H groups in total. The van der Waals surface area contributed by atoms with Crippen LogP contribution in [0.25, 0.3) is 0 Å². The number of para-hydroxylation sites is 1. The van der Waals surface area contributed by atoms with E-state index in [1.165, 1.54) is 29.1 Å². The van der Waals surface area contributed by atoms with Gasteiger partial charge in [-0.1, -0.05) is 37.3 Å². The van der Waals surface area contributed by atoms with Crippen LogP contribution < -0.4 is 5.32 Å². The smallest absolute Gasteiger partial charge is 0.255 e. The van der Waals surface area contributed by atoms with Crippen molar-refractivity contribution in [3.05, 3.63) is 64.7 Å². The first-order chi connectivity index (χ1) is 11.7. The van der Waals surface area contributed by atoms with Crippen LogP contribution in [0.15, 0.2) is 42.5 Å². The highest BCUT2D eigenvalue weighted by molar-refractivity contribution is 8.16. The number of carbonyl (C=O) groups excluding carboxylic acids is 1. The molecule has 1 heterocycles. The number of thioether (sulfide) groups is 2. The summed E-state index contributed by atoms with van der Waals surface area (Å²) in [5, 5.41) is 3.10. The maximum absolute atomic E-state index is 12.6. The summed E-state index contributed by atoms with van der Waals surface area (Å²) >= 11 is 4.00. The molecule has 0 radical (unpaired) electrons. The van der Waals surface area contributed by atoms with Crippen LogP contribution in [0.2, 0.25) is 0 Å².